The first-order valence-corrected chi connectivity index (χ1v) is 12.4. The molecule has 0 atom stereocenters. The minimum atomic E-state index is -0.161. The van der Waals surface area contributed by atoms with Gasteiger partial charge in [0.05, 0.1) is 13.7 Å². The van der Waals surface area contributed by atoms with Crippen LogP contribution in [-0.2, 0) is 9.53 Å². The number of urea groups is 1. The number of likely N-dealkylation sites (tertiary alicyclic amines) is 2. The number of unbranched alkanes of at least 4 members (excludes halogenated alkanes) is 2. The van der Waals surface area contributed by atoms with Gasteiger partial charge in [0.25, 0.3) is 5.91 Å². The molecule has 3 heterocycles. The zero-order valence-electron chi connectivity index (χ0n) is 20.1. The molecule has 9 nitrogen and oxygen atoms in total. The number of nitrogens with zero attached hydrogens (tertiary/aromatic N) is 3. The van der Waals surface area contributed by atoms with Gasteiger partial charge in [0.2, 0.25) is 5.88 Å². The predicted molar refractivity (Wildman–Crippen MR) is 128 cm³/mol. The molecule has 1 N–H and O–H groups in total. The van der Waals surface area contributed by atoms with Gasteiger partial charge in [0, 0.05) is 50.8 Å². The number of carbonyl (C=O) groups is 3. The summed E-state index contributed by atoms with van der Waals surface area (Å²) in [6.45, 7) is 5.57. The Morgan fingerprint density at radius 2 is 1.79 bits per heavy atom. The summed E-state index contributed by atoms with van der Waals surface area (Å²) in [6, 6.07) is 3.14. The van der Waals surface area contributed by atoms with E-state index in [0.717, 1.165) is 51.6 Å². The first-order chi connectivity index (χ1) is 16.4. The van der Waals surface area contributed by atoms with Gasteiger partial charge < -0.3 is 24.6 Å². The highest BCUT2D eigenvalue weighted by molar-refractivity contribution is 6.29. The quantitative estimate of drug-likeness (QED) is 0.320. The number of hydrogen-bond acceptors (Lipinski definition) is 6. The number of methoxy groups -OCH3 is 1. The molecule has 3 amide bonds. The Labute approximate surface area is 206 Å². The summed E-state index contributed by atoms with van der Waals surface area (Å²) in [5.74, 6) is 0.0831. The number of carbonyl (C=O) groups excluding carboxylic acids is 3. The average molecular weight is 495 g/mol. The molecule has 3 rings (SSSR count). The number of pyridine rings is 1. The molecule has 2 fully saturated rings. The summed E-state index contributed by atoms with van der Waals surface area (Å²) in [4.78, 5) is 44.6. The Morgan fingerprint density at radius 1 is 1.09 bits per heavy atom. The van der Waals surface area contributed by atoms with Crippen molar-refractivity contribution in [3.8, 4) is 5.88 Å². The van der Waals surface area contributed by atoms with Crippen molar-refractivity contribution in [2.24, 2.45) is 5.41 Å². The van der Waals surface area contributed by atoms with E-state index in [4.69, 9.17) is 21.1 Å². The van der Waals surface area contributed by atoms with Crippen molar-refractivity contribution in [1.29, 1.82) is 0 Å². The smallest absolute Gasteiger partial charge is 0.317 e. The second-order valence-corrected chi connectivity index (χ2v) is 9.42. The molecule has 2 aliphatic rings. The van der Waals surface area contributed by atoms with Crippen molar-refractivity contribution in [2.75, 3.05) is 46.4 Å². The van der Waals surface area contributed by atoms with Crippen LogP contribution in [0.4, 0.5) is 4.79 Å². The molecule has 1 aromatic heterocycles. The molecular formula is C24H35ClN4O5. The van der Waals surface area contributed by atoms with Crippen LogP contribution in [0.2, 0.25) is 5.15 Å². The second kappa shape index (κ2) is 12.2. The van der Waals surface area contributed by atoms with Crippen LogP contribution in [0, 0.1) is 5.41 Å². The van der Waals surface area contributed by atoms with Crippen LogP contribution in [0.15, 0.2) is 12.1 Å². The van der Waals surface area contributed by atoms with Crippen molar-refractivity contribution >= 4 is 29.5 Å². The van der Waals surface area contributed by atoms with E-state index in [1.165, 1.54) is 7.11 Å². The van der Waals surface area contributed by atoms with Gasteiger partial charge in [-0.1, -0.05) is 18.0 Å². The van der Waals surface area contributed by atoms with Gasteiger partial charge in [-0.25, -0.2) is 9.78 Å². The highest BCUT2D eigenvalue weighted by Crippen LogP contribution is 2.40. The molecule has 2 aliphatic heterocycles. The molecule has 188 valence electrons. The third-order valence-corrected chi connectivity index (χ3v) is 6.90. The lowest BCUT2D eigenvalue weighted by atomic mass is 9.77. The largest absolute Gasteiger partial charge is 0.481 e. The third-order valence-electron chi connectivity index (χ3n) is 6.70. The summed E-state index contributed by atoms with van der Waals surface area (Å²) in [5.41, 5.74) is 0.545. The van der Waals surface area contributed by atoms with E-state index in [9.17, 15) is 14.4 Å². The maximum atomic E-state index is 12.9. The zero-order chi connectivity index (χ0) is 24.6. The standard InChI is InChI=1S/C24H35ClN4O5/c1-3-34-21(30)7-5-4-6-11-26-23(32)29-14-10-24(17-29)8-12-28(13-9-24)22(31)18-15-19(25)27-20(16-18)33-2/h15-16H,3-14,17H2,1-2H3,(H,26,32). The minimum absolute atomic E-state index is 0.0284. The average Bonchev–Trinajstić information content (AvgIpc) is 3.24. The highest BCUT2D eigenvalue weighted by Gasteiger charge is 2.42. The zero-order valence-corrected chi connectivity index (χ0v) is 20.9. The fourth-order valence-electron chi connectivity index (χ4n) is 4.70. The Balaban J connectivity index is 1.39. The monoisotopic (exact) mass is 494 g/mol. The first kappa shape index (κ1) is 26.1. The van der Waals surface area contributed by atoms with E-state index in [2.05, 4.69) is 10.3 Å². The summed E-state index contributed by atoms with van der Waals surface area (Å²) in [6.07, 6.45) is 5.61. The topological polar surface area (TPSA) is 101 Å². The van der Waals surface area contributed by atoms with Crippen molar-refractivity contribution < 1.29 is 23.9 Å². The number of ether oxygens (including phenoxy) is 2. The van der Waals surface area contributed by atoms with Crippen LogP contribution in [0.5, 0.6) is 5.88 Å². The molecule has 0 radical (unpaired) electrons. The van der Waals surface area contributed by atoms with E-state index in [-0.39, 0.29) is 28.5 Å². The molecule has 0 aromatic carbocycles. The number of esters is 1. The highest BCUT2D eigenvalue weighted by atomic mass is 35.5. The van der Waals surface area contributed by atoms with Gasteiger partial charge in [-0.2, -0.15) is 0 Å². The summed E-state index contributed by atoms with van der Waals surface area (Å²) >= 11 is 6.02. The number of hydrogen-bond donors (Lipinski definition) is 1. The molecule has 2 saturated heterocycles. The van der Waals surface area contributed by atoms with E-state index in [1.54, 1.807) is 19.1 Å². The normalized spacial score (nSPS) is 17.0. The minimum Gasteiger partial charge on any atom is -0.481 e. The Hall–Kier alpha value is -2.55. The van der Waals surface area contributed by atoms with E-state index in [1.807, 2.05) is 9.80 Å². The lowest BCUT2D eigenvalue weighted by Gasteiger charge is -2.39. The van der Waals surface area contributed by atoms with Gasteiger partial charge in [-0.3, -0.25) is 9.59 Å². The van der Waals surface area contributed by atoms with Gasteiger partial charge in [-0.05, 0) is 50.5 Å². The second-order valence-electron chi connectivity index (χ2n) is 9.03. The Bertz CT molecular complexity index is 873. The van der Waals surface area contributed by atoms with Crippen LogP contribution >= 0.6 is 11.6 Å². The summed E-state index contributed by atoms with van der Waals surface area (Å²) in [5, 5.41) is 3.23. The van der Waals surface area contributed by atoms with Crippen molar-refractivity contribution in [3.63, 3.8) is 0 Å². The molecule has 10 heteroatoms. The number of piperidine rings is 1. The van der Waals surface area contributed by atoms with E-state index < -0.39 is 0 Å². The molecule has 1 spiro atoms. The maximum Gasteiger partial charge on any atom is 0.317 e. The Morgan fingerprint density at radius 3 is 2.47 bits per heavy atom. The first-order valence-electron chi connectivity index (χ1n) is 12.0. The van der Waals surface area contributed by atoms with Crippen LogP contribution in [0.1, 0.15) is 62.2 Å². The van der Waals surface area contributed by atoms with Gasteiger partial charge in [0.15, 0.2) is 0 Å². The lowest BCUT2D eigenvalue weighted by molar-refractivity contribution is -0.143. The summed E-state index contributed by atoms with van der Waals surface area (Å²) < 4.78 is 10.0. The number of amides is 3. The molecule has 0 saturated carbocycles. The van der Waals surface area contributed by atoms with Crippen LogP contribution < -0.4 is 10.1 Å². The number of halogens is 1. The van der Waals surface area contributed by atoms with Crippen molar-refractivity contribution in [1.82, 2.24) is 20.1 Å². The maximum absolute atomic E-state index is 12.9. The summed E-state index contributed by atoms with van der Waals surface area (Å²) in [7, 11) is 1.49. The van der Waals surface area contributed by atoms with Crippen LogP contribution in [0.3, 0.4) is 0 Å². The van der Waals surface area contributed by atoms with E-state index in [0.29, 0.717) is 44.1 Å². The van der Waals surface area contributed by atoms with E-state index >= 15 is 0 Å². The van der Waals surface area contributed by atoms with Crippen LogP contribution in [-0.4, -0.2) is 79.1 Å². The Kier molecular flexibility index (Phi) is 9.38. The lowest BCUT2D eigenvalue weighted by Crippen LogP contribution is -2.45. The fourth-order valence-corrected chi connectivity index (χ4v) is 4.90. The molecule has 0 unspecified atom stereocenters. The molecule has 0 aliphatic carbocycles. The number of aromatic nitrogens is 1. The SMILES string of the molecule is CCOC(=O)CCCCCNC(=O)N1CCC2(CCN(C(=O)c3cc(Cl)nc(OC)c3)CC2)C1. The van der Waals surface area contributed by atoms with Gasteiger partial charge in [-0.15, -0.1) is 0 Å². The third kappa shape index (κ3) is 6.98. The predicted octanol–water partition coefficient (Wildman–Crippen LogP) is 3.50. The van der Waals surface area contributed by atoms with Crippen LogP contribution in [0.25, 0.3) is 0 Å². The van der Waals surface area contributed by atoms with Crippen molar-refractivity contribution in [3.05, 3.63) is 22.8 Å². The van der Waals surface area contributed by atoms with Gasteiger partial charge >= 0.3 is 12.0 Å². The molecular weight excluding hydrogens is 460 g/mol. The fraction of sp³-hybridized carbons (Fsp3) is 0.667. The van der Waals surface area contributed by atoms with Gasteiger partial charge in [0.1, 0.15) is 5.15 Å². The molecule has 0 bridgehead atoms. The molecule has 1 aromatic rings. The molecule has 34 heavy (non-hydrogen) atoms. The number of rotatable bonds is 9. The number of nitrogens with one attached hydrogen (secondary N) is 1. The van der Waals surface area contributed by atoms with Crippen molar-refractivity contribution in [2.45, 2.75) is 51.9 Å².